The van der Waals surface area contributed by atoms with Gasteiger partial charge in [0, 0.05) is 32.0 Å². The summed E-state index contributed by atoms with van der Waals surface area (Å²) in [5.41, 5.74) is 1.29. The zero-order valence-corrected chi connectivity index (χ0v) is 18.9. The van der Waals surface area contributed by atoms with Crippen LogP contribution in [0.3, 0.4) is 0 Å². The third-order valence-electron chi connectivity index (χ3n) is 6.74. The summed E-state index contributed by atoms with van der Waals surface area (Å²) in [7, 11) is 0. The van der Waals surface area contributed by atoms with Gasteiger partial charge in [-0.15, -0.1) is 0 Å². The average Bonchev–Trinajstić information content (AvgIpc) is 3.05. The number of nitrogens with zero attached hydrogens (tertiary/aromatic N) is 2. The molecule has 0 radical (unpaired) electrons. The fourth-order valence-corrected chi connectivity index (χ4v) is 5.13. The van der Waals surface area contributed by atoms with Crippen molar-refractivity contribution in [3.63, 3.8) is 0 Å². The van der Waals surface area contributed by atoms with Crippen LogP contribution in [0, 0.1) is 0 Å². The highest BCUT2D eigenvalue weighted by Gasteiger charge is 2.53. The smallest absolute Gasteiger partial charge is 0.255 e. The van der Waals surface area contributed by atoms with Gasteiger partial charge in [-0.3, -0.25) is 14.9 Å². The summed E-state index contributed by atoms with van der Waals surface area (Å²) >= 11 is 6.24. The van der Waals surface area contributed by atoms with Crippen LogP contribution in [0.1, 0.15) is 49.0 Å². The van der Waals surface area contributed by atoms with Gasteiger partial charge in [0.15, 0.2) is 0 Å². The number of carbonyl (C=O) groups excluding carboxylic acids is 2. The summed E-state index contributed by atoms with van der Waals surface area (Å²) < 4.78 is 0. The van der Waals surface area contributed by atoms with E-state index in [4.69, 9.17) is 11.6 Å². The van der Waals surface area contributed by atoms with Gasteiger partial charge in [0.1, 0.15) is 0 Å². The Kier molecular flexibility index (Phi) is 6.35. The molecule has 2 aromatic carbocycles. The van der Waals surface area contributed by atoms with E-state index in [1.807, 2.05) is 35.2 Å². The van der Waals surface area contributed by atoms with Crippen LogP contribution < -0.4 is 5.32 Å². The molecule has 2 saturated heterocycles. The maximum Gasteiger partial charge on any atom is 0.255 e. The van der Waals surface area contributed by atoms with Crippen molar-refractivity contribution in [1.29, 1.82) is 0 Å². The summed E-state index contributed by atoms with van der Waals surface area (Å²) in [6, 6.07) is 17.2. The molecule has 4 rings (SSSR count). The molecule has 2 fully saturated rings. The van der Waals surface area contributed by atoms with Gasteiger partial charge in [-0.2, -0.15) is 0 Å². The third kappa shape index (κ3) is 4.21. The Morgan fingerprint density at radius 1 is 1.13 bits per heavy atom. The van der Waals surface area contributed by atoms with Crippen molar-refractivity contribution in [2.24, 2.45) is 0 Å². The minimum absolute atomic E-state index is 0.0410. The highest BCUT2D eigenvalue weighted by Crippen LogP contribution is 2.36. The number of benzene rings is 2. The van der Waals surface area contributed by atoms with Crippen molar-refractivity contribution in [2.75, 3.05) is 13.1 Å². The summed E-state index contributed by atoms with van der Waals surface area (Å²) in [6.07, 6.45) is 3.00. The normalized spacial score (nSPS) is 21.5. The summed E-state index contributed by atoms with van der Waals surface area (Å²) in [6.45, 7) is 5.42. The first-order valence-corrected chi connectivity index (χ1v) is 11.5. The van der Waals surface area contributed by atoms with Crippen LogP contribution in [0.2, 0.25) is 5.02 Å². The second kappa shape index (κ2) is 9.01. The van der Waals surface area contributed by atoms with E-state index in [1.54, 1.807) is 12.1 Å². The molecule has 1 spiro atoms. The molecule has 31 heavy (non-hydrogen) atoms. The number of carbonyl (C=O) groups is 2. The Balaban J connectivity index is 1.52. The molecule has 1 N–H and O–H groups in total. The van der Waals surface area contributed by atoms with Crippen molar-refractivity contribution in [1.82, 2.24) is 15.1 Å². The Morgan fingerprint density at radius 3 is 2.42 bits per heavy atom. The largest absolute Gasteiger partial charge is 0.338 e. The Hall–Kier alpha value is -2.37. The van der Waals surface area contributed by atoms with Crippen molar-refractivity contribution >= 4 is 23.4 Å². The van der Waals surface area contributed by atoms with Crippen molar-refractivity contribution < 1.29 is 9.59 Å². The second-order valence-electron chi connectivity index (χ2n) is 8.66. The summed E-state index contributed by atoms with van der Waals surface area (Å²) in [5.74, 6) is 0.129. The molecule has 0 aliphatic carbocycles. The van der Waals surface area contributed by atoms with Gasteiger partial charge in [0.25, 0.3) is 5.91 Å². The topological polar surface area (TPSA) is 52.7 Å². The van der Waals surface area contributed by atoms with Crippen LogP contribution in [0.5, 0.6) is 0 Å². The predicted octanol–water partition coefficient (Wildman–Crippen LogP) is 4.11. The monoisotopic (exact) mass is 439 g/mol. The number of piperidine rings is 1. The molecule has 2 atom stereocenters. The number of amides is 2. The molecule has 164 valence electrons. The van der Waals surface area contributed by atoms with Gasteiger partial charge in [0.05, 0.1) is 22.3 Å². The van der Waals surface area contributed by atoms with Crippen LogP contribution in [0.25, 0.3) is 0 Å². The molecule has 2 aromatic rings. The second-order valence-corrected chi connectivity index (χ2v) is 9.06. The predicted molar refractivity (Wildman–Crippen MR) is 123 cm³/mol. The van der Waals surface area contributed by atoms with Gasteiger partial charge in [-0.1, -0.05) is 61.0 Å². The van der Waals surface area contributed by atoms with E-state index in [0.717, 1.165) is 12.0 Å². The van der Waals surface area contributed by atoms with Crippen molar-refractivity contribution in [3.8, 4) is 0 Å². The fraction of sp³-hybridized carbons (Fsp3) is 0.440. The maximum atomic E-state index is 13.4. The zero-order chi connectivity index (χ0) is 22.0. The number of hydrogen-bond acceptors (Lipinski definition) is 3. The first-order valence-electron chi connectivity index (χ1n) is 11.1. The lowest BCUT2D eigenvalue weighted by atomic mass is 9.93. The van der Waals surface area contributed by atoms with Crippen LogP contribution in [0.15, 0.2) is 54.6 Å². The van der Waals surface area contributed by atoms with Gasteiger partial charge in [-0.25, -0.2) is 0 Å². The summed E-state index contributed by atoms with van der Waals surface area (Å²) in [5, 5.41) is 4.17. The summed E-state index contributed by atoms with van der Waals surface area (Å²) in [4.78, 5) is 30.4. The van der Waals surface area contributed by atoms with Gasteiger partial charge >= 0.3 is 0 Å². The van der Waals surface area contributed by atoms with E-state index in [2.05, 4.69) is 36.2 Å². The van der Waals surface area contributed by atoms with Crippen molar-refractivity contribution in [3.05, 3.63) is 70.7 Å². The Morgan fingerprint density at radius 2 is 1.77 bits per heavy atom. The Bertz CT molecular complexity index is 941. The minimum Gasteiger partial charge on any atom is -0.338 e. The van der Waals surface area contributed by atoms with Gasteiger partial charge < -0.3 is 9.80 Å². The van der Waals surface area contributed by atoms with E-state index in [-0.39, 0.29) is 23.9 Å². The van der Waals surface area contributed by atoms with E-state index in [0.29, 0.717) is 42.9 Å². The fourth-order valence-electron chi connectivity index (χ4n) is 4.91. The Labute approximate surface area is 189 Å². The third-order valence-corrected chi connectivity index (χ3v) is 7.07. The number of halogens is 1. The first-order chi connectivity index (χ1) is 14.9. The quantitative estimate of drug-likeness (QED) is 0.762. The van der Waals surface area contributed by atoms with Crippen LogP contribution in [-0.2, 0) is 11.2 Å². The molecule has 0 saturated carbocycles. The number of rotatable bonds is 5. The zero-order valence-electron chi connectivity index (χ0n) is 18.2. The molecule has 6 heteroatoms. The number of nitrogens with one attached hydrogen (secondary N) is 1. The molecule has 2 aliphatic heterocycles. The maximum absolute atomic E-state index is 13.4. The van der Waals surface area contributed by atoms with E-state index < -0.39 is 5.66 Å². The molecular weight excluding hydrogens is 410 g/mol. The molecule has 0 bridgehead atoms. The molecule has 2 aliphatic rings. The van der Waals surface area contributed by atoms with Crippen LogP contribution in [0.4, 0.5) is 0 Å². The molecule has 2 amide bonds. The molecular formula is C25H30ClN3O2. The average molecular weight is 440 g/mol. The number of likely N-dealkylation sites (tertiary alicyclic amines) is 1. The highest BCUT2D eigenvalue weighted by atomic mass is 35.5. The lowest BCUT2D eigenvalue weighted by Crippen LogP contribution is -2.61. The lowest BCUT2D eigenvalue weighted by Gasteiger charge is -2.46. The molecule has 0 aromatic heterocycles. The number of hydrogen-bond donors (Lipinski definition) is 1. The molecule has 2 heterocycles. The molecule has 0 unspecified atom stereocenters. The lowest BCUT2D eigenvalue weighted by molar-refractivity contribution is -0.136. The van der Waals surface area contributed by atoms with Crippen molar-refractivity contribution in [2.45, 2.75) is 57.3 Å². The standard InChI is InChI=1S/C25H30ClN3O2/c1-3-18(2)29-24(31)22(17-19-9-5-4-6-10-19)27-25(29)13-15-28(16-14-25)23(30)20-11-7-8-12-21(20)26/h4-12,18,22,27H,3,13-17H2,1-2H3/t18-,22+/m0/s1. The van der Waals surface area contributed by atoms with E-state index in [1.165, 1.54) is 0 Å². The van der Waals surface area contributed by atoms with E-state index >= 15 is 0 Å². The highest BCUT2D eigenvalue weighted by molar-refractivity contribution is 6.33. The van der Waals surface area contributed by atoms with Gasteiger partial charge in [-0.05, 0) is 37.5 Å². The minimum atomic E-state index is -0.400. The SMILES string of the molecule is CC[C@H](C)N1C(=O)[C@@H](Cc2ccccc2)NC12CCN(C(=O)c1ccccc1Cl)CC2. The van der Waals surface area contributed by atoms with Gasteiger partial charge in [0.2, 0.25) is 5.91 Å². The van der Waals surface area contributed by atoms with Crippen LogP contribution in [-0.4, -0.2) is 52.5 Å². The molecule has 5 nitrogen and oxygen atoms in total. The van der Waals surface area contributed by atoms with Crippen LogP contribution >= 0.6 is 11.6 Å². The first kappa shape index (κ1) is 21.8. The van der Waals surface area contributed by atoms with E-state index in [9.17, 15) is 9.59 Å².